The number of nitrogens with zero attached hydrogens (tertiary/aromatic N) is 4. The second kappa shape index (κ2) is 5.72. The molecule has 0 unspecified atom stereocenters. The van der Waals surface area contributed by atoms with Gasteiger partial charge in [-0.1, -0.05) is 0 Å². The number of hydrogen-bond donors (Lipinski definition) is 1. The molecule has 0 aromatic carbocycles. The fourth-order valence-corrected chi connectivity index (χ4v) is 1.67. The Kier molecular flexibility index (Phi) is 4.03. The van der Waals surface area contributed by atoms with Crippen molar-refractivity contribution in [2.75, 3.05) is 6.54 Å². The van der Waals surface area contributed by atoms with Gasteiger partial charge in [0.15, 0.2) is 0 Å². The highest BCUT2D eigenvalue weighted by Gasteiger charge is 2.06. The highest BCUT2D eigenvalue weighted by atomic mass is 79.9. The van der Waals surface area contributed by atoms with E-state index < -0.39 is 0 Å². The van der Waals surface area contributed by atoms with E-state index >= 15 is 0 Å². The molecular formula is C11H12BrN5O. The van der Waals surface area contributed by atoms with Crippen LogP contribution in [0.15, 0.2) is 29.3 Å². The van der Waals surface area contributed by atoms with Crippen LogP contribution in [0.5, 0.6) is 0 Å². The van der Waals surface area contributed by atoms with Crippen molar-refractivity contribution in [2.24, 2.45) is 7.05 Å². The Morgan fingerprint density at radius 1 is 1.50 bits per heavy atom. The predicted octanol–water partition coefficient (Wildman–Crippen LogP) is 0.945. The highest BCUT2D eigenvalue weighted by Crippen LogP contribution is 2.06. The first-order valence-corrected chi connectivity index (χ1v) is 6.19. The smallest absolute Gasteiger partial charge is 0.252 e. The molecule has 0 radical (unpaired) electrons. The number of aromatic nitrogens is 4. The molecule has 0 saturated carbocycles. The monoisotopic (exact) mass is 309 g/mol. The van der Waals surface area contributed by atoms with Crippen molar-refractivity contribution in [3.05, 3.63) is 40.6 Å². The number of carbonyl (C=O) groups excluding carboxylic acids is 1. The summed E-state index contributed by atoms with van der Waals surface area (Å²) in [6, 6.07) is 3.45. The van der Waals surface area contributed by atoms with E-state index in [1.165, 1.54) is 6.20 Å². The lowest BCUT2D eigenvalue weighted by molar-refractivity contribution is 0.0953. The molecule has 94 valence electrons. The molecule has 0 saturated heterocycles. The number of halogens is 1. The van der Waals surface area contributed by atoms with Crippen LogP contribution in [0, 0.1) is 0 Å². The number of aryl methyl sites for hydroxylation is 1. The summed E-state index contributed by atoms with van der Waals surface area (Å²) >= 11 is 3.22. The van der Waals surface area contributed by atoms with E-state index in [1.807, 2.05) is 11.6 Å². The van der Waals surface area contributed by atoms with Gasteiger partial charge in [0.1, 0.15) is 16.8 Å². The molecular weight excluding hydrogens is 298 g/mol. The van der Waals surface area contributed by atoms with E-state index in [4.69, 9.17) is 0 Å². The van der Waals surface area contributed by atoms with Crippen LogP contribution in [-0.2, 0) is 13.5 Å². The van der Waals surface area contributed by atoms with Gasteiger partial charge < -0.3 is 9.88 Å². The minimum absolute atomic E-state index is 0.142. The van der Waals surface area contributed by atoms with Gasteiger partial charge in [0.2, 0.25) is 0 Å². The quantitative estimate of drug-likeness (QED) is 0.853. The molecule has 0 spiro atoms. The van der Waals surface area contributed by atoms with E-state index in [1.54, 1.807) is 18.5 Å². The van der Waals surface area contributed by atoms with Crippen LogP contribution in [0.25, 0.3) is 0 Å². The van der Waals surface area contributed by atoms with E-state index in [0.717, 1.165) is 5.82 Å². The molecule has 7 heteroatoms. The molecule has 0 aliphatic carbocycles. The standard InChI is InChI=1S/C11H12BrN5O/c1-17-7-15-16-10(17)4-5-13-11(18)8-2-3-9(12)14-6-8/h2-3,6-7H,4-5H2,1H3,(H,13,18). The Balaban J connectivity index is 1.85. The minimum atomic E-state index is -0.142. The summed E-state index contributed by atoms with van der Waals surface area (Å²) in [6.07, 6.45) is 3.81. The number of carbonyl (C=O) groups is 1. The number of amides is 1. The molecule has 0 fully saturated rings. The topological polar surface area (TPSA) is 72.7 Å². The van der Waals surface area contributed by atoms with Gasteiger partial charge in [0.25, 0.3) is 5.91 Å². The summed E-state index contributed by atoms with van der Waals surface area (Å²) in [5, 5.41) is 10.5. The first-order chi connectivity index (χ1) is 8.66. The lowest BCUT2D eigenvalue weighted by atomic mass is 10.2. The summed E-state index contributed by atoms with van der Waals surface area (Å²) < 4.78 is 2.53. The molecule has 0 atom stereocenters. The van der Waals surface area contributed by atoms with Gasteiger partial charge in [-0.15, -0.1) is 10.2 Å². The van der Waals surface area contributed by atoms with E-state index in [2.05, 4.69) is 36.4 Å². The highest BCUT2D eigenvalue weighted by molar-refractivity contribution is 9.10. The average molecular weight is 310 g/mol. The van der Waals surface area contributed by atoms with Gasteiger partial charge >= 0.3 is 0 Å². The van der Waals surface area contributed by atoms with Gasteiger partial charge in [-0.25, -0.2) is 4.98 Å². The number of nitrogens with one attached hydrogen (secondary N) is 1. The van der Waals surface area contributed by atoms with Gasteiger partial charge in [0.05, 0.1) is 5.56 Å². The second-order valence-corrected chi connectivity index (χ2v) is 4.55. The van der Waals surface area contributed by atoms with Crippen LogP contribution in [0.4, 0.5) is 0 Å². The van der Waals surface area contributed by atoms with Gasteiger partial charge in [-0.05, 0) is 28.1 Å². The largest absolute Gasteiger partial charge is 0.352 e. The first kappa shape index (κ1) is 12.7. The van der Waals surface area contributed by atoms with Crippen LogP contribution in [-0.4, -0.2) is 32.2 Å². The maximum absolute atomic E-state index is 11.8. The van der Waals surface area contributed by atoms with Crippen LogP contribution in [0.3, 0.4) is 0 Å². The van der Waals surface area contributed by atoms with Crippen molar-refractivity contribution in [2.45, 2.75) is 6.42 Å². The molecule has 2 heterocycles. The molecule has 1 N–H and O–H groups in total. The first-order valence-electron chi connectivity index (χ1n) is 5.39. The lowest BCUT2D eigenvalue weighted by Crippen LogP contribution is -2.26. The Labute approximate surface area is 113 Å². The average Bonchev–Trinajstić information content (AvgIpc) is 2.76. The normalized spacial score (nSPS) is 10.3. The lowest BCUT2D eigenvalue weighted by Gasteiger charge is -2.04. The summed E-state index contributed by atoms with van der Waals surface area (Å²) in [6.45, 7) is 0.515. The van der Waals surface area contributed by atoms with Crippen LogP contribution in [0.1, 0.15) is 16.2 Å². The molecule has 0 aliphatic rings. The zero-order chi connectivity index (χ0) is 13.0. The fourth-order valence-electron chi connectivity index (χ4n) is 1.43. The van der Waals surface area contributed by atoms with Gasteiger partial charge in [-0.3, -0.25) is 4.79 Å². The second-order valence-electron chi connectivity index (χ2n) is 3.73. The van der Waals surface area contributed by atoms with Crippen molar-refractivity contribution < 1.29 is 4.79 Å². The van der Waals surface area contributed by atoms with E-state index in [0.29, 0.717) is 23.1 Å². The van der Waals surface area contributed by atoms with Crippen LogP contribution in [0.2, 0.25) is 0 Å². The number of pyridine rings is 1. The molecule has 2 rings (SSSR count). The molecule has 18 heavy (non-hydrogen) atoms. The molecule has 1 amide bonds. The Morgan fingerprint density at radius 3 is 2.94 bits per heavy atom. The summed E-state index contributed by atoms with van der Waals surface area (Å²) in [7, 11) is 1.87. The van der Waals surface area contributed by atoms with Gasteiger partial charge in [0, 0.05) is 26.2 Å². The summed E-state index contributed by atoms with van der Waals surface area (Å²) in [5.74, 6) is 0.696. The Hall–Kier alpha value is -1.76. The SMILES string of the molecule is Cn1cnnc1CCNC(=O)c1ccc(Br)nc1. The van der Waals surface area contributed by atoms with E-state index in [-0.39, 0.29) is 5.91 Å². The zero-order valence-corrected chi connectivity index (χ0v) is 11.4. The van der Waals surface area contributed by atoms with Gasteiger partial charge in [-0.2, -0.15) is 0 Å². The summed E-state index contributed by atoms with van der Waals surface area (Å²) in [5.41, 5.74) is 0.538. The predicted molar refractivity (Wildman–Crippen MR) is 69.0 cm³/mol. The molecule has 6 nitrogen and oxygen atoms in total. The van der Waals surface area contributed by atoms with Crippen molar-refractivity contribution >= 4 is 21.8 Å². The fraction of sp³-hybridized carbons (Fsp3) is 0.273. The Bertz CT molecular complexity index is 537. The maximum Gasteiger partial charge on any atom is 0.252 e. The zero-order valence-electron chi connectivity index (χ0n) is 9.80. The summed E-state index contributed by atoms with van der Waals surface area (Å²) in [4.78, 5) is 15.8. The molecule has 2 aromatic rings. The molecule has 2 aromatic heterocycles. The Morgan fingerprint density at radius 2 is 2.33 bits per heavy atom. The van der Waals surface area contributed by atoms with Crippen molar-refractivity contribution in [1.29, 1.82) is 0 Å². The van der Waals surface area contributed by atoms with Crippen LogP contribution >= 0.6 is 15.9 Å². The number of rotatable bonds is 4. The maximum atomic E-state index is 11.8. The molecule has 0 bridgehead atoms. The third-order valence-electron chi connectivity index (χ3n) is 2.43. The number of hydrogen-bond acceptors (Lipinski definition) is 4. The van der Waals surface area contributed by atoms with Crippen LogP contribution < -0.4 is 5.32 Å². The minimum Gasteiger partial charge on any atom is -0.352 e. The molecule has 0 aliphatic heterocycles. The van der Waals surface area contributed by atoms with E-state index in [9.17, 15) is 4.79 Å². The third kappa shape index (κ3) is 3.13. The van der Waals surface area contributed by atoms with Crippen molar-refractivity contribution in [3.8, 4) is 0 Å². The van der Waals surface area contributed by atoms with Crippen molar-refractivity contribution in [3.63, 3.8) is 0 Å². The van der Waals surface area contributed by atoms with Crippen molar-refractivity contribution in [1.82, 2.24) is 25.1 Å². The third-order valence-corrected chi connectivity index (χ3v) is 2.90.